The van der Waals surface area contributed by atoms with E-state index in [1.807, 2.05) is 6.92 Å². The van der Waals surface area contributed by atoms with Crippen molar-refractivity contribution < 1.29 is 0 Å². The zero-order chi connectivity index (χ0) is 4.41. The summed E-state index contributed by atoms with van der Waals surface area (Å²) in [6.45, 7) is 2.01. The maximum absolute atomic E-state index is 4.01. The lowest BCUT2D eigenvalue weighted by Gasteiger charge is -1.73. The van der Waals surface area contributed by atoms with Gasteiger partial charge in [-0.15, -0.1) is 0 Å². The van der Waals surface area contributed by atoms with E-state index in [1.54, 1.807) is 11.9 Å². The van der Waals surface area contributed by atoms with Gasteiger partial charge in [0.25, 0.3) is 0 Å². The number of hydrogen-bond acceptors (Lipinski definition) is 2. The second-order valence-electron chi connectivity index (χ2n) is 1.23. The first kappa shape index (κ1) is 4.19. The third-order valence-corrected chi connectivity index (χ3v) is 1.39. The van der Waals surface area contributed by atoms with E-state index < -0.39 is 0 Å². The molecule has 0 amide bonds. The molecule has 0 unspecified atom stereocenters. The molecule has 1 rings (SSSR count). The molecule has 0 aromatic carbocycles. The van der Waals surface area contributed by atoms with Crippen LogP contribution in [-0.4, -0.2) is 11.5 Å². The van der Waals surface area contributed by atoms with E-state index in [9.17, 15) is 0 Å². The molecule has 0 spiro atoms. The molecule has 1 aliphatic heterocycles. The molecule has 0 aromatic rings. The quantitative estimate of drug-likeness (QED) is 0.418. The fourth-order valence-corrected chi connectivity index (χ4v) is 1.00. The van der Waals surface area contributed by atoms with Gasteiger partial charge in [0.05, 0.1) is 0 Å². The minimum absolute atomic E-state index is 1.08. The van der Waals surface area contributed by atoms with Crippen molar-refractivity contribution in [3.63, 3.8) is 0 Å². The highest BCUT2D eigenvalue weighted by molar-refractivity contribution is 7.98. The predicted octanol–water partition coefficient (Wildman–Crippen LogP) is 1.31. The van der Waals surface area contributed by atoms with Crippen molar-refractivity contribution in [3.05, 3.63) is 6.42 Å². The van der Waals surface area contributed by atoms with Gasteiger partial charge in [-0.3, -0.25) is 0 Å². The Morgan fingerprint density at radius 2 is 2.83 bits per heavy atom. The molecule has 0 bridgehead atoms. The van der Waals surface area contributed by atoms with Gasteiger partial charge in [-0.25, -0.2) is 4.40 Å². The first-order chi connectivity index (χ1) is 2.89. The van der Waals surface area contributed by atoms with Gasteiger partial charge in [-0.1, -0.05) is 0 Å². The maximum Gasteiger partial charge on any atom is 0.0278 e. The van der Waals surface area contributed by atoms with Gasteiger partial charge >= 0.3 is 0 Å². The third-order valence-electron chi connectivity index (χ3n) is 0.662. The lowest BCUT2D eigenvalue weighted by molar-refractivity contribution is 1.65. The van der Waals surface area contributed by atoms with Gasteiger partial charge < -0.3 is 0 Å². The fourth-order valence-electron chi connectivity index (χ4n) is 0.334. The smallest absolute Gasteiger partial charge is 0.0278 e. The summed E-state index contributed by atoms with van der Waals surface area (Å²) in [7, 11) is 0. The summed E-state index contributed by atoms with van der Waals surface area (Å²) in [6, 6.07) is 0. The highest BCUT2D eigenvalue weighted by Gasteiger charge is 1.98. The average molecular weight is 100 g/mol. The lowest BCUT2D eigenvalue weighted by atomic mass is 10.3. The van der Waals surface area contributed by atoms with Crippen LogP contribution in [0.25, 0.3) is 0 Å². The number of hydrogen-bond donors (Lipinski definition) is 0. The van der Waals surface area contributed by atoms with Crippen LogP contribution in [0, 0.1) is 6.42 Å². The van der Waals surface area contributed by atoms with E-state index in [0.29, 0.717) is 0 Å². The molecule has 0 aromatic heterocycles. The van der Waals surface area contributed by atoms with Crippen molar-refractivity contribution in [3.8, 4) is 0 Å². The van der Waals surface area contributed by atoms with Crippen LogP contribution in [0.3, 0.4) is 0 Å². The normalized spacial score (nSPS) is 21.2. The van der Waals surface area contributed by atoms with Gasteiger partial charge in [0.15, 0.2) is 0 Å². The first-order valence-electron chi connectivity index (χ1n) is 1.89. The van der Waals surface area contributed by atoms with Crippen LogP contribution in [0.15, 0.2) is 4.40 Å². The Balaban J connectivity index is 2.45. The minimum Gasteiger partial charge on any atom is -0.226 e. The molecule has 1 aliphatic rings. The maximum atomic E-state index is 4.01. The highest BCUT2D eigenvalue weighted by Crippen LogP contribution is 2.12. The summed E-state index contributed by atoms with van der Waals surface area (Å²) in [5.41, 5.74) is 1.17. The van der Waals surface area contributed by atoms with Crippen LogP contribution in [0.4, 0.5) is 0 Å². The topological polar surface area (TPSA) is 12.4 Å². The molecule has 0 atom stereocenters. The number of rotatable bonds is 0. The summed E-state index contributed by atoms with van der Waals surface area (Å²) < 4.78 is 4.01. The SMILES string of the molecule is CC1=NSC[CH]1. The van der Waals surface area contributed by atoms with E-state index in [1.165, 1.54) is 5.71 Å². The van der Waals surface area contributed by atoms with Crippen LogP contribution in [-0.2, 0) is 0 Å². The fraction of sp³-hybridized carbons (Fsp3) is 0.500. The number of nitrogens with zero attached hydrogens (tertiary/aromatic N) is 1. The molecule has 1 radical (unpaired) electrons. The molecule has 0 saturated heterocycles. The van der Waals surface area contributed by atoms with Gasteiger partial charge in [-0.05, 0) is 18.9 Å². The molecule has 0 aliphatic carbocycles. The molecule has 0 fully saturated rings. The van der Waals surface area contributed by atoms with E-state index in [-0.39, 0.29) is 0 Å². The standard InChI is InChI=1S/C4H6NS/c1-4-2-3-6-5-4/h2H,3H2,1H3. The Morgan fingerprint density at radius 3 is 3.00 bits per heavy atom. The summed E-state index contributed by atoms with van der Waals surface area (Å²) >= 11 is 1.61. The molecule has 6 heavy (non-hydrogen) atoms. The Hall–Kier alpha value is 0.0200. The van der Waals surface area contributed by atoms with Crippen LogP contribution in [0.1, 0.15) is 6.92 Å². The highest BCUT2D eigenvalue weighted by atomic mass is 32.2. The first-order valence-corrected chi connectivity index (χ1v) is 2.83. The Kier molecular flexibility index (Phi) is 1.15. The largest absolute Gasteiger partial charge is 0.226 e. The van der Waals surface area contributed by atoms with Crippen molar-refractivity contribution in [2.75, 3.05) is 5.75 Å². The van der Waals surface area contributed by atoms with Crippen LogP contribution >= 0.6 is 11.9 Å². The minimum atomic E-state index is 1.08. The van der Waals surface area contributed by atoms with E-state index in [4.69, 9.17) is 0 Å². The Bertz CT molecular complexity index is 77.6. The van der Waals surface area contributed by atoms with Gasteiger partial charge in [0.1, 0.15) is 0 Å². The Morgan fingerprint density at radius 1 is 2.00 bits per heavy atom. The van der Waals surface area contributed by atoms with E-state index in [0.717, 1.165) is 5.75 Å². The summed E-state index contributed by atoms with van der Waals surface area (Å²) in [5, 5.41) is 0. The van der Waals surface area contributed by atoms with Crippen molar-refractivity contribution in [2.45, 2.75) is 6.92 Å². The molecule has 1 heterocycles. The van der Waals surface area contributed by atoms with Crippen LogP contribution in [0.2, 0.25) is 0 Å². The van der Waals surface area contributed by atoms with Gasteiger partial charge in [-0.2, -0.15) is 0 Å². The average Bonchev–Trinajstić information content (AvgIpc) is 1.86. The van der Waals surface area contributed by atoms with Crippen LogP contribution < -0.4 is 0 Å². The monoisotopic (exact) mass is 100 g/mol. The molecular weight excluding hydrogens is 94.1 g/mol. The van der Waals surface area contributed by atoms with Gasteiger partial charge in [0, 0.05) is 17.9 Å². The van der Waals surface area contributed by atoms with Crippen molar-refractivity contribution >= 4 is 17.7 Å². The van der Waals surface area contributed by atoms with E-state index >= 15 is 0 Å². The second kappa shape index (κ2) is 1.65. The Labute approximate surface area is 42.0 Å². The predicted molar refractivity (Wildman–Crippen MR) is 29.9 cm³/mol. The van der Waals surface area contributed by atoms with Crippen molar-refractivity contribution in [2.24, 2.45) is 4.40 Å². The summed E-state index contributed by atoms with van der Waals surface area (Å²) in [5.74, 6) is 1.08. The second-order valence-corrected chi connectivity index (χ2v) is 2.01. The van der Waals surface area contributed by atoms with Crippen molar-refractivity contribution in [1.29, 1.82) is 0 Å². The molecule has 1 nitrogen and oxygen atoms in total. The molecule has 2 heteroatoms. The van der Waals surface area contributed by atoms with Gasteiger partial charge in [0.2, 0.25) is 0 Å². The molecule has 0 N–H and O–H groups in total. The molecule has 33 valence electrons. The molecule has 0 saturated carbocycles. The third kappa shape index (κ3) is 0.744. The van der Waals surface area contributed by atoms with Crippen LogP contribution in [0.5, 0.6) is 0 Å². The lowest BCUT2D eigenvalue weighted by Crippen LogP contribution is -1.82. The van der Waals surface area contributed by atoms with Crippen molar-refractivity contribution in [1.82, 2.24) is 0 Å². The van der Waals surface area contributed by atoms with E-state index in [2.05, 4.69) is 10.8 Å². The summed E-state index contributed by atoms with van der Waals surface area (Å²) in [4.78, 5) is 0. The zero-order valence-corrected chi connectivity index (χ0v) is 4.46. The zero-order valence-electron chi connectivity index (χ0n) is 3.64. The molecular formula is C4H6NS. The summed E-state index contributed by atoms with van der Waals surface area (Å²) in [6.07, 6.45) is 2.12.